The van der Waals surface area contributed by atoms with Gasteiger partial charge in [0, 0.05) is 38.0 Å². The van der Waals surface area contributed by atoms with Gasteiger partial charge < -0.3 is 14.5 Å². The summed E-state index contributed by atoms with van der Waals surface area (Å²) in [4.78, 5) is 25.5. The number of aromatic nitrogens is 2. The molecule has 0 aliphatic carbocycles. The molecule has 24 heavy (non-hydrogen) atoms. The Hall–Kier alpha value is -2.41. The second-order valence-electron chi connectivity index (χ2n) is 5.77. The van der Waals surface area contributed by atoms with E-state index >= 15 is 0 Å². The van der Waals surface area contributed by atoms with Gasteiger partial charge in [-0.2, -0.15) is 4.98 Å². The van der Waals surface area contributed by atoms with Crippen LogP contribution in [0.1, 0.15) is 11.3 Å². The minimum Gasteiger partial charge on any atom is -0.471 e. The Kier molecular flexibility index (Phi) is 5.10. The molecule has 1 aliphatic rings. The van der Waals surface area contributed by atoms with E-state index < -0.39 is 0 Å². The SMILES string of the molecule is CN(C)c1cncc(OC2CCN(C(=O)/C=C/c3cccs3)C2)n1. The first-order chi connectivity index (χ1) is 11.6. The van der Waals surface area contributed by atoms with Gasteiger partial charge in [-0.25, -0.2) is 0 Å². The van der Waals surface area contributed by atoms with Gasteiger partial charge in [-0.3, -0.25) is 9.78 Å². The molecule has 1 fully saturated rings. The summed E-state index contributed by atoms with van der Waals surface area (Å²) in [6, 6.07) is 3.96. The van der Waals surface area contributed by atoms with E-state index in [-0.39, 0.29) is 12.0 Å². The van der Waals surface area contributed by atoms with Crippen molar-refractivity contribution in [1.29, 1.82) is 0 Å². The second kappa shape index (κ2) is 7.44. The summed E-state index contributed by atoms with van der Waals surface area (Å²) in [5.41, 5.74) is 0. The largest absolute Gasteiger partial charge is 0.471 e. The lowest BCUT2D eigenvalue weighted by Gasteiger charge is -2.16. The monoisotopic (exact) mass is 344 g/mol. The molecule has 7 heteroatoms. The van der Waals surface area contributed by atoms with Crippen molar-refractivity contribution >= 4 is 29.1 Å². The number of carbonyl (C=O) groups is 1. The highest BCUT2D eigenvalue weighted by Gasteiger charge is 2.27. The Labute approximate surface area is 145 Å². The molecule has 2 aromatic rings. The van der Waals surface area contributed by atoms with Gasteiger partial charge in [0.25, 0.3) is 0 Å². The summed E-state index contributed by atoms with van der Waals surface area (Å²) < 4.78 is 5.88. The van der Waals surface area contributed by atoms with Crippen molar-refractivity contribution in [2.75, 3.05) is 32.1 Å². The number of amides is 1. The first kappa shape index (κ1) is 16.4. The normalized spacial score (nSPS) is 17.4. The van der Waals surface area contributed by atoms with Gasteiger partial charge in [0.05, 0.1) is 18.9 Å². The maximum atomic E-state index is 12.2. The van der Waals surface area contributed by atoms with E-state index in [2.05, 4.69) is 9.97 Å². The molecule has 126 valence electrons. The number of anilines is 1. The average molecular weight is 344 g/mol. The van der Waals surface area contributed by atoms with Gasteiger partial charge in [0.1, 0.15) is 6.10 Å². The highest BCUT2D eigenvalue weighted by molar-refractivity contribution is 7.10. The Morgan fingerprint density at radius 2 is 2.33 bits per heavy atom. The minimum absolute atomic E-state index is 0.0163. The van der Waals surface area contributed by atoms with Crippen LogP contribution in [0.4, 0.5) is 5.82 Å². The molecular weight excluding hydrogens is 324 g/mol. The molecule has 0 aromatic carbocycles. The van der Waals surface area contributed by atoms with Crippen molar-refractivity contribution in [2.24, 2.45) is 0 Å². The first-order valence-corrected chi connectivity index (χ1v) is 8.66. The van der Waals surface area contributed by atoms with Gasteiger partial charge in [0.15, 0.2) is 5.82 Å². The molecule has 0 radical (unpaired) electrons. The Morgan fingerprint density at radius 1 is 1.46 bits per heavy atom. The van der Waals surface area contributed by atoms with Crippen LogP contribution in [0.25, 0.3) is 6.08 Å². The van der Waals surface area contributed by atoms with E-state index in [1.54, 1.807) is 34.7 Å². The van der Waals surface area contributed by atoms with Gasteiger partial charge in [0.2, 0.25) is 11.8 Å². The Bertz CT molecular complexity index is 715. The quantitative estimate of drug-likeness (QED) is 0.779. The van der Waals surface area contributed by atoms with Crippen LogP contribution in [0.2, 0.25) is 0 Å². The van der Waals surface area contributed by atoms with Crippen LogP contribution < -0.4 is 9.64 Å². The number of nitrogens with zero attached hydrogens (tertiary/aromatic N) is 4. The fourth-order valence-corrected chi connectivity index (χ4v) is 3.07. The summed E-state index contributed by atoms with van der Waals surface area (Å²) in [6.45, 7) is 1.26. The van der Waals surface area contributed by atoms with Crippen molar-refractivity contribution in [1.82, 2.24) is 14.9 Å². The van der Waals surface area contributed by atoms with E-state index in [0.717, 1.165) is 17.1 Å². The third-order valence-corrected chi connectivity index (χ3v) is 4.57. The number of thiophene rings is 1. The van der Waals surface area contributed by atoms with Crippen molar-refractivity contribution in [3.63, 3.8) is 0 Å². The predicted octanol–water partition coefficient (Wildman–Crippen LogP) is 2.30. The van der Waals surface area contributed by atoms with Crippen molar-refractivity contribution in [3.05, 3.63) is 40.9 Å². The molecule has 3 heterocycles. The van der Waals surface area contributed by atoms with E-state index in [1.165, 1.54) is 0 Å². The molecule has 0 N–H and O–H groups in total. The molecule has 1 amide bonds. The highest BCUT2D eigenvalue weighted by atomic mass is 32.1. The van der Waals surface area contributed by atoms with Crippen molar-refractivity contribution in [3.8, 4) is 5.88 Å². The number of ether oxygens (including phenoxy) is 1. The summed E-state index contributed by atoms with van der Waals surface area (Å²) in [6.07, 6.45) is 7.53. The topological polar surface area (TPSA) is 58.6 Å². The number of hydrogen-bond acceptors (Lipinski definition) is 6. The highest BCUT2D eigenvalue weighted by Crippen LogP contribution is 2.19. The van der Waals surface area contributed by atoms with Crippen molar-refractivity contribution < 1.29 is 9.53 Å². The Morgan fingerprint density at radius 3 is 3.08 bits per heavy atom. The zero-order valence-corrected chi connectivity index (χ0v) is 14.6. The first-order valence-electron chi connectivity index (χ1n) is 7.78. The molecule has 3 rings (SSSR count). The summed E-state index contributed by atoms with van der Waals surface area (Å²) in [7, 11) is 3.81. The molecule has 0 spiro atoms. The third kappa shape index (κ3) is 4.11. The molecule has 1 aliphatic heterocycles. The van der Waals surface area contributed by atoms with Crippen LogP contribution in [-0.2, 0) is 4.79 Å². The maximum Gasteiger partial charge on any atom is 0.246 e. The summed E-state index contributed by atoms with van der Waals surface area (Å²) in [5.74, 6) is 1.26. The molecule has 6 nitrogen and oxygen atoms in total. The zero-order valence-electron chi connectivity index (χ0n) is 13.8. The van der Waals surface area contributed by atoms with E-state index in [1.807, 2.05) is 42.6 Å². The number of carbonyl (C=O) groups excluding carboxylic acids is 1. The fourth-order valence-electron chi connectivity index (χ4n) is 2.45. The number of likely N-dealkylation sites (tertiary alicyclic amines) is 1. The summed E-state index contributed by atoms with van der Waals surface area (Å²) in [5, 5.41) is 1.99. The lowest BCUT2D eigenvalue weighted by molar-refractivity contribution is -0.125. The average Bonchev–Trinajstić information content (AvgIpc) is 3.24. The van der Waals surface area contributed by atoms with Gasteiger partial charge in [-0.15, -0.1) is 11.3 Å². The number of rotatable bonds is 5. The van der Waals surface area contributed by atoms with Crippen LogP contribution in [0.5, 0.6) is 5.88 Å². The zero-order chi connectivity index (χ0) is 16.9. The van der Waals surface area contributed by atoms with Gasteiger partial charge in [-0.1, -0.05) is 6.07 Å². The lowest BCUT2D eigenvalue weighted by atomic mass is 10.3. The standard InChI is InChI=1S/C17H20N4O2S/c1-20(2)15-10-18-11-16(19-15)23-13-7-8-21(12-13)17(22)6-5-14-4-3-9-24-14/h3-6,9-11,13H,7-8,12H2,1-2H3/b6-5+. The van der Waals surface area contributed by atoms with Crippen LogP contribution in [0, 0.1) is 0 Å². The summed E-state index contributed by atoms with van der Waals surface area (Å²) >= 11 is 1.61. The smallest absolute Gasteiger partial charge is 0.246 e. The van der Waals surface area contributed by atoms with Gasteiger partial charge in [-0.05, 0) is 17.5 Å². The minimum atomic E-state index is -0.0456. The van der Waals surface area contributed by atoms with Crippen LogP contribution in [-0.4, -0.2) is 54.1 Å². The third-order valence-electron chi connectivity index (χ3n) is 3.74. The van der Waals surface area contributed by atoms with Gasteiger partial charge >= 0.3 is 0 Å². The fraction of sp³-hybridized carbons (Fsp3) is 0.353. The molecule has 2 aromatic heterocycles. The molecule has 1 unspecified atom stereocenters. The van der Waals surface area contributed by atoms with Crippen LogP contribution >= 0.6 is 11.3 Å². The molecule has 0 saturated carbocycles. The van der Waals surface area contributed by atoms with E-state index in [4.69, 9.17) is 4.74 Å². The van der Waals surface area contributed by atoms with E-state index in [9.17, 15) is 4.79 Å². The maximum absolute atomic E-state index is 12.2. The predicted molar refractivity (Wildman–Crippen MR) is 95.3 cm³/mol. The van der Waals surface area contributed by atoms with Crippen LogP contribution in [0.15, 0.2) is 36.0 Å². The van der Waals surface area contributed by atoms with E-state index in [0.29, 0.717) is 19.0 Å². The molecular formula is C17H20N4O2S. The molecule has 1 atom stereocenters. The van der Waals surface area contributed by atoms with Crippen LogP contribution in [0.3, 0.4) is 0 Å². The van der Waals surface area contributed by atoms with Crippen molar-refractivity contribution in [2.45, 2.75) is 12.5 Å². The Balaban J connectivity index is 1.55. The molecule has 0 bridgehead atoms. The lowest BCUT2D eigenvalue weighted by Crippen LogP contribution is -2.29. The number of hydrogen-bond donors (Lipinski definition) is 0. The molecule has 1 saturated heterocycles. The second-order valence-corrected chi connectivity index (χ2v) is 6.75.